The number of piperazine rings is 1. The molecule has 0 bridgehead atoms. The summed E-state index contributed by atoms with van der Waals surface area (Å²) >= 11 is 6.08. The van der Waals surface area contributed by atoms with Gasteiger partial charge in [-0.15, -0.1) is 0 Å². The van der Waals surface area contributed by atoms with Crippen LogP contribution in [0.15, 0.2) is 33.7 Å². The number of H-pyrrole nitrogens is 1. The van der Waals surface area contributed by atoms with E-state index < -0.39 is 28.2 Å². The van der Waals surface area contributed by atoms with Crippen LogP contribution in [0.1, 0.15) is 28.6 Å². The number of amides is 2. The molecule has 2 unspecified atom stereocenters. The molecule has 0 radical (unpaired) electrons. The Morgan fingerprint density at radius 3 is 2.75 bits per heavy atom. The van der Waals surface area contributed by atoms with Crippen LogP contribution in [0.25, 0.3) is 10.9 Å². The molecular weight excluding hydrogens is 564 g/mol. The molecule has 2 aromatic heterocycles. The van der Waals surface area contributed by atoms with Gasteiger partial charge < -0.3 is 29.0 Å². The molecule has 3 aliphatic heterocycles. The van der Waals surface area contributed by atoms with Crippen LogP contribution in [0.4, 0.5) is 0 Å². The highest BCUT2D eigenvalue weighted by Gasteiger charge is 2.40. The van der Waals surface area contributed by atoms with Crippen molar-refractivity contribution in [2.24, 2.45) is 0 Å². The first-order valence-electron chi connectivity index (χ1n) is 13.0. The lowest BCUT2D eigenvalue weighted by molar-refractivity contribution is -0.136. The zero-order valence-corrected chi connectivity index (χ0v) is 23.1. The van der Waals surface area contributed by atoms with Gasteiger partial charge in [0.1, 0.15) is 17.0 Å². The minimum absolute atomic E-state index is 0.00855. The summed E-state index contributed by atoms with van der Waals surface area (Å²) in [5.74, 6) is -0.395. The maximum absolute atomic E-state index is 13.7. The van der Waals surface area contributed by atoms with E-state index in [2.05, 4.69) is 15.3 Å². The van der Waals surface area contributed by atoms with E-state index in [1.165, 1.54) is 15.3 Å². The Bertz CT molecular complexity index is 1550. The van der Waals surface area contributed by atoms with Crippen molar-refractivity contribution in [2.75, 3.05) is 45.9 Å². The topological polar surface area (TPSA) is 161 Å². The molecule has 214 valence electrons. The number of nitrogens with one attached hydrogen (secondary N) is 2. The summed E-state index contributed by atoms with van der Waals surface area (Å²) in [5, 5.41) is 13.9. The number of hydrogen-bond donors (Lipinski definition) is 3. The Hall–Kier alpha value is -3.01. The van der Waals surface area contributed by atoms with Gasteiger partial charge in [0.05, 0.1) is 31.5 Å². The molecule has 3 aromatic rings. The average Bonchev–Trinajstić information content (AvgIpc) is 3.57. The van der Waals surface area contributed by atoms with Crippen molar-refractivity contribution < 1.29 is 32.3 Å². The Morgan fingerprint density at radius 1 is 1.15 bits per heavy atom. The number of rotatable bonds is 5. The van der Waals surface area contributed by atoms with E-state index in [9.17, 15) is 23.1 Å². The lowest BCUT2D eigenvalue weighted by Crippen LogP contribution is -2.58. The van der Waals surface area contributed by atoms with Crippen LogP contribution in [0.2, 0.25) is 5.02 Å². The zero-order chi connectivity index (χ0) is 28.0. The number of aliphatic hydroxyl groups is 1. The van der Waals surface area contributed by atoms with Crippen molar-refractivity contribution in [1.82, 2.24) is 29.4 Å². The van der Waals surface area contributed by atoms with Crippen molar-refractivity contribution in [3.8, 4) is 0 Å². The maximum Gasteiger partial charge on any atom is 0.310 e. The number of sulfonamides is 1. The van der Waals surface area contributed by atoms with Crippen LogP contribution >= 0.6 is 11.6 Å². The number of carbonyl (C=O) groups excluding carboxylic acids is 2. The molecule has 40 heavy (non-hydrogen) atoms. The first-order valence-corrected chi connectivity index (χ1v) is 14.9. The Morgan fingerprint density at radius 2 is 1.95 bits per heavy atom. The number of ether oxygens (including phenoxy) is 1. The van der Waals surface area contributed by atoms with Gasteiger partial charge in [-0.2, -0.15) is 4.31 Å². The second kappa shape index (κ2) is 10.8. The number of benzene rings is 1. The monoisotopic (exact) mass is 592 g/mol. The summed E-state index contributed by atoms with van der Waals surface area (Å²) in [4.78, 5) is 37.2. The van der Waals surface area contributed by atoms with Gasteiger partial charge in [-0.25, -0.2) is 13.4 Å². The van der Waals surface area contributed by atoms with Gasteiger partial charge in [-0.3, -0.25) is 14.9 Å². The number of oxazole rings is 1. The highest BCUT2D eigenvalue weighted by Crippen LogP contribution is 2.28. The molecule has 5 heterocycles. The predicted molar refractivity (Wildman–Crippen MR) is 142 cm³/mol. The molecule has 2 amide bonds. The van der Waals surface area contributed by atoms with Gasteiger partial charge in [-0.1, -0.05) is 11.6 Å². The van der Waals surface area contributed by atoms with Gasteiger partial charge >= 0.3 is 5.91 Å². The number of aromatic amines is 1. The molecule has 13 nitrogen and oxygen atoms in total. The van der Waals surface area contributed by atoms with Crippen LogP contribution in [0.3, 0.4) is 0 Å². The standard InChI is InChI=1S/C25H29ClN6O7S/c26-16-1-2-18-15(9-16)10-22(28-18)40(36,37)31-3-4-32(17(14-31)11-23(34)30-5-7-38-8-6-30)25(35)24-29-19-12-21(33)27-13-20(19)39-24/h1-2,9-10,17,21,27-28,33H,3-8,11-14H2. The number of hydrogen-bond acceptors (Lipinski definition) is 9. The molecule has 2 saturated heterocycles. The van der Waals surface area contributed by atoms with Gasteiger partial charge in [-0.05, 0) is 24.3 Å². The largest absolute Gasteiger partial charge is 0.436 e. The Balaban J connectivity index is 1.27. The number of aliphatic hydroxyl groups excluding tert-OH is 1. The molecule has 1 aromatic carbocycles. The second-order valence-electron chi connectivity index (χ2n) is 10.1. The van der Waals surface area contributed by atoms with Crippen LogP contribution in [0, 0.1) is 0 Å². The van der Waals surface area contributed by atoms with Crippen molar-refractivity contribution in [3.63, 3.8) is 0 Å². The van der Waals surface area contributed by atoms with E-state index >= 15 is 0 Å². The average molecular weight is 593 g/mol. The number of fused-ring (bicyclic) bond motifs is 2. The van der Waals surface area contributed by atoms with E-state index in [-0.39, 0.29) is 55.8 Å². The molecule has 2 fully saturated rings. The van der Waals surface area contributed by atoms with Crippen molar-refractivity contribution in [2.45, 2.75) is 36.7 Å². The van der Waals surface area contributed by atoms with Crippen molar-refractivity contribution in [1.29, 1.82) is 0 Å². The van der Waals surface area contributed by atoms with Crippen molar-refractivity contribution >= 4 is 44.3 Å². The lowest BCUT2D eigenvalue weighted by atomic mass is 10.1. The minimum atomic E-state index is -3.98. The Kier molecular flexibility index (Phi) is 7.31. The Labute approximate surface area is 235 Å². The molecule has 0 aliphatic carbocycles. The number of nitrogens with zero attached hydrogens (tertiary/aromatic N) is 4. The van der Waals surface area contributed by atoms with E-state index in [1.54, 1.807) is 23.1 Å². The molecule has 3 N–H and O–H groups in total. The molecule has 3 aliphatic rings. The predicted octanol–water partition coefficient (Wildman–Crippen LogP) is 0.538. The fourth-order valence-corrected chi connectivity index (χ4v) is 7.01. The van der Waals surface area contributed by atoms with Gasteiger partial charge in [0.15, 0.2) is 0 Å². The number of morpholine rings is 1. The molecule has 15 heteroatoms. The van der Waals surface area contributed by atoms with E-state index in [1.807, 2.05) is 0 Å². The van der Waals surface area contributed by atoms with Gasteiger partial charge in [0.25, 0.3) is 15.9 Å². The number of aromatic nitrogens is 2. The summed E-state index contributed by atoms with van der Waals surface area (Å²) in [6.07, 6.45) is -0.651. The van der Waals surface area contributed by atoms with E-state index in [0.29, 0.717) is 53.7 Å². The smallest absolute Gasteiger partial charge is 0.310 e. The SMILES string of the molecule is O=C(CC1CN(S(=O)(=O)c2cc3cc(Cl)ccc3[nH]2)CCN1C(=O)c1nc2c(o1)CNC(O)C2)N1CCOCC1. The molecular formula is C25H29ClN6O7S. The fourth-order valence-electron chi connectivity index (χ4n) is 5.35. The molecule has 0 saturated carbocycles. The van der Waals surface area contributed by atoms with E-state index in [0.717, 1.165) is 0 Å². The first-order chi connectivity index (χ1) is 19.2. The summed E-state index contributed by atoms with van der Waals surface area (Å²) in [6.45, 7) is 1.92. The van der Waals surface area contributed by atoms with Gasteiger partial charge in [0.2, 0.25) is 5.91 Å². The molecule has 2 atom stereocenters. The normalized spacial score (nSPS) is 22.4. The highest BCUT2D eigenvalue weighted by molar-refractivity contribution is 7.89. The zero-order valence-electron chi connectivity index (χ0n) is 21.5. The van der Waals surface area contributed by atoms with Crippen LogP contribution < -0.4 is 5.32 Å². The third-order valence-corrected chi connectivity index (χ3v) is 9.52. The first kappa shape index (κ1) is 27.2. The molecule has 6 rings (SSSR count). The summed E-state index contributed by atoms with van der Waals surface area (Å²) in [5.41, 5.74) is 1.12. The quantitative estimate of drug-likeness (QED) is 0.384. The summed E-state index contributed by atoms with van der Waals surface area (Å²) < 4.78 is 39.7. The third kappa shape index (κ3) is 5.22. The third-order valence-electron chi connectivity index (χ3n) is 7.50. The maximum atomic E-state index is 13.7. The van der Waals surface area contributed by atoms with Crippen molar-refractivity contribution in [3.05, 3.63) is 46.6 Å². The van der Waals surface area contributed by atoms with Crippen LogP contribution in [-0.4, -0.2) is 108 Å². The minimum Gasteiger partial charge on any atom is -0.436 e. The highest BCUT2D eigenvalue weighted by atomic mass is 35.5. The summed E-state index contributed by atoms with van der Waals surface area (Å²) in [7, 11) is -3.98. The number of carbonyl (C=O) groups is 2. The van der Waals surface area contributed by atoms with Crippen LogP contribution in [0.5, 0.6) is 0 Å². The lowest BCUT2D eigenvalue weighted by Gasteiger charge is -2.40. The van der Waals surface area contributed by atoms with Crippen LogP contribution in [-0.2, 0) is 32.5 Å². The van der Waals surface area contributed by atoms with E-state index in [4.69, 9.17) is 20.8 Å². The molecule has 0 spiro atoms. The number of halogens is 1. The second-order valence-corrected chi connectivity index (χ2v) is 12.4. The van der Waals surface area contributed by atoms with Gasteiger partial charge in [0, 0.05) is 61.5 Å². The summed E-state index contributed by atoms with van der Waals surface area (Å²) in [6, 6.07) is 5.84. The fraction of sp³-hybridized carbons (Fsp3) is 0.480.